The first-order valence-electron chi connectivity index (χ1n) is 5.53. The summed E-state index contributed by atoms with van der Waals surface area (Å²) >= 11 is 0. The van der Waals surface area contributed by atoms with E-state index < -0.39 is 0 Å². The minimum absolute atomic E-state index is 0.0172. The third-order valence-electron chi connectivity index (χ3n) is 2.23. The molecule has 0 aromatic carbocycles. The van der Waals surface area contributed by atoms with Crippen LogP contribution in [0, 0.1) is 0 Å². The molecule has 1 heterocycles. The van der Waals surface area contributed by atoms with Crippen LogP contribution in [-0.2, 0) is 11.3 Å². The van der Waals surface area contributed by atoms with E-state index in [1.54, 1.807) is 6.20 Å². The fourth-order valence-corrected chi connectivity index (χ4v) is 1.51. The van der Waals surface area contributed by atoms with E-state index in [1.807, 2.05) is 50.1 Å². The Morgan fingerprint density at radius 3 is 2.65 bits per heavy atom. The first-order chi connectivity index (χ1) is 8.00. The summed E-state index contributed by atoms with van der Waals surface area (Å²) in [6.45, 7) is 0.908. The Morgan fingerprint density at radius 1 is 1.35 bits per heavy atom. The molecular weight excluding hydrogens is 216 g/mol. The second kappa shape index (κ2) is 6.20. The number of pyridine rings is 1. The fraction of sp³-hybridized carbons (Fsp3) is 0.500. The maximum absolute atomic E-state index is 11.5. The van der Waals surface area contributed by atoms with Crippen LogP contribution in [0.15, 0.2) is 18.3 Å². The number of rotatable bonds is 5. The largest absolute Gasteiger partial charge is 0.362 e. The van der Waals surface area contributed by atoms with Gasteiger partial charge in [0, 0.05) is 32.4 Å². The molecule has 0 bridgehead atoms. The highest BCUT2D eigenvalue weighted by atomic mass is 16.1. The molecule has 17 heavy (non-hydrogen) atoms. The molecule has 1 aromatic heterocycles. The summed E-state index contributed by atoms with van der Waals surface area (Å²) in [7, 11) is 7.62. The molecule has 0 spiro atoms. The van der Waals surface area contributed by atoms with Crippen LogP contribution >= 0.6 is 0 Å². The number of nitrogens with one attached hydrogen (secondary N) is 1. The van der Waals surface area contributed by atoms with E-state index in [9.17, 15) is 4.79 Å². The lowest BCUT2D eigenvalue weighted by atomic mass is 10.2. The lowest BCUT2D eigenvalue weighted by molar-refractivity contribution is -0.121. The number of anilines is 1. The second-order valence-corrected chi connectivity index (χ2v) is 4.40. The van der Waals surface area contributed by atoms with E-state index in [-0.39, 0.29) is 5.91 Å². The Hall–Kier alpha value is -1.62. The van der Waals surface area contributed by atoms with Crippen LogP contribution < -0.4 is 10.2 Å². The minimum atomic E-state index is 0.0172. The van der Waals surface area contributed by atoms with Crippen molar-refractivity contribution < 1.29 is 4.79 Å². The third kappa shape index (κ3) is 4.40. The highest BCUT2D eigenvalue weighted by Crippen LogP contribution is 2.13. The molecule has 0 saturated carbocycles. The zero-order valence-corrected chi connectivity index (χ0v) is 10.9. The molecule has 1 aromatic rings. The first-order valence-corrected chi connectivity index (χ1v) is 5.53. The molecule has 1 N–H and O–H groups in total. The minimum Gasteiger partial charge on any atom is -0.362 e. The molecule has 0 fully saturated rings. The van der Waals surface area contributed by atoms with Gasteiger partial charge in [-0.3, -0.25) is 4.79 Å². The topological polar surface area (TPSA) is 48.5 Å². The van der Waals surface area contributed by atoms with Crippen LogP contribution in [0.1, 0.15) is 5.56 Å². The maximum atomic E-state index is 11.5. The number of hydrogen-bond donors (Lipinski definition) is 1. The van der Waals surface area contributed by atoms with Crippen LogP contribution in [-0.4, -0.2) is 50.5 Å². The molecule has 5 heteroatoms. The van der Waals surface area contributed by atoms with Gasteiger partial charge in [-0.1, -0.05) is 6.07 Å². The van der Waals surface area contributed by atoms with Gasteiger partial charge >= 0.3 is 0 Å². The molecule has 0 radical (unpaired) electrons. The smallest absolute Gasteiger partial charge is 0.234 e. The molecule has 1 rings (SSSR count). The van der Waals surface area contributed by atoms with Gasteiger partial charge in [0.1, 0.15) is 5.82 Å². The Balaban J connectivity index is 2.60. The van der Waals surface area contributed by atoms with E-state index in [4.69, 9.17) is 0 Å². The van der Waals surface area contributed by atoms with Gasteiger partial charge in [0.25, 0.3) is 0 Å². The number of carbonyl (C=O) groups excluding carboxylic acids is 1. The van der Waals surface area contributed by atoms with Gasteiger partial charge in [-0.25, -0.2) is 4.98 Å². The molecule has 0 aliphatic carbocycles. The van der Waals surface area contributed by atoms with Crippen LogP contribution in [0.2, 0.25) is 0 Å². The van der Waals surface area contributed by atoms with Gasteiger partial charge in [0.2, 0.25) is 5.91 Å². The lowest BCUT2D eigenvalue weighted by Crippen LogP contribution is -2.33. The van der Waals surface area contributed by atoms with Crippen molar-refractivity contribution in [3.05, 3.63) is 23.9 Å². The van der Waals surface area contributed by atoms with Gasteiger partial charge in [-0.05, 0) is 20.2 Å². The monoisotopic (exact) mass is 236 g/mol. The molecule has 94 valence electrons. The number of aromatic nitrogens is 1. The highest BCUT2D eigenvalue weighted by Gasteiger charge is 2.07. The molecule has 0 saturated heterocycles. The van der Waals surface area contributed by atoms with Crippen LogP contribution in [0.4, 0.5) is 5.82 Å². The number of hydrogen-bond acceptors (Lipinski definition) is 4. The Bertz CT molecular complexity index is 377. The van der Waals surface area contributed by atoms with E-state index in [0.717, 1.165) is 11.4 Å². The number of likely N-dealkylation sites (N-methyl/N-ethyl adjacent to an activating group) is 1. The summed E-state index contributed by atoms with van der Waals surface area (Å²) in [6, 6.07) is 3.85. The standard InChI is InChI=1S/C12H20N4O/c1-15(2)9-11(17)14-8-10-6-5-7-13-12(10)16(3)4/h5-7H,8-9H2,1-4H3,(H,14,17). The summed E-state index contributed by atoms with van der Waals surface area (Å²) < 4.78 is 0. The second-order valence-electron chi connectivity index (χ2n) is 4.40. The quantitative estimate of drug-likeness (QED) is 0.800. The normalized spacial score (nSPS) is 10.4. The SMILES string of the molecule is CN(C)CC(=O)NCc1cccnc1N(C)C. The van der Waals surface area contributed by atoms with Crippen molar-refractivity contribution in [2.75, 3.05) is 39.6 Å². The van der Waals surface area contributed by atoms with E-state index in [1.165, 1.54) is 0 Å². The Morgan fingerprint density at radius 2 is 2.06 bits per heavy atom. The molecular formula is C12H20N4O. The van der Waals surface area contributed by atoms with E-state index in [2.05, 4.69) is 10.3 Å². The zero-order valence-electron chi connectivity index (χ0n) is 10.9. The van der Waals surface area contributed by atoms with Crippen molar-refractivity contribution in [1.29, 1.82) is 0 Å². The summed E-state index contributed by atoms with van der Waals surface area (Å²) in [5, 5.41) is 2.88. The predicted octanol–water partition coefficient (Wildman–Crippen LogP) is 0.325. The molecule has 1 amide bonds. The summed E-state index contributed by atoms with van der Waals surface area (Å²) in [5.41, 5.74) is 1.02. The first kappa shape index (κ1) is 13.4. The van der Waals surface area contributed by atoms with Crippen molar-refractivity contribution in [3.8, 4) is 0 Å². The maximum Gasteiger partial charge on any atom is 0.234 e. The average molecular weight is 236 g/mol. The summed E-state index contributed by atoms with van der Waals surface area (Å²) in [5.74, 6) is 0.904. The average Bonchev–Trinajstić information content (AvgIpc) is 2.25. The van der Waals surface area contributed by atoms with Crippen LogP contribution in [0.5, 0.6) is 0 Å². The molecule has 0 atom stereocenters. The molecule has 5 nitrogen and oxygen atoms in total. The number of carbonyl (C=O) groups is 1. The van der Waals surface area contributed by atoms with E-state index >= 15 is 0 Å². The van der Waals surface area contributed by atoms with Crippen molar-refractivity contribution >= 4 is 11.7 Å². The Kier molecular flexibility index (Phi) is 4.90. The van der Waals surface area contributed by atoms with Crippen LogP contribution in [0.3, 0.4) is 0 Å². The number of nitrogens with zero attached hydrogens (tertiary/aromatic N) is 3. The molecule has 0 aliphatic rings. The zero-order chi connectivity index (χ0) is 12.8. The lowest BCUT2D eigenvalue weighted by Gasteiger charge is -2.16. The van der Waals surface area contributed by atoms with Gasteiger partial charge in [-0.15, -0.1) is 0 Å². The molecule has 0 aliphatic heterocycles. The highest BCUT2D eigenvalue weighted by molar-refractivity contribution is 5.78. The summed E-state index contributed by atoms with van der Waals surface area (Å²) in [6.07, 6.45) is 1.75. The van der Waals surface area contributed by atoms with Gasteiger partial charge in [-0.2, -0.15) is 0 Å². The molecule has 0 unspecified atom stereocenters. The summed E-state index contributed by atoms with van der Waals surface area (Å²) in [4.78, 5) is 19.6. The predicted molar refractivity (Wildman–Crippen MR) is 69.0 cm³/mol. The van der Waals surface area contributed by atoms with Crippen LogP contribution in [0.25, 0.3) is 0 Å². The van der Waals surface area contributed by atoms with Crippen molar-refractivity contribution in [2.24, 2.45) is 0 Å². The Labute approximate surface area is 102 Å². The van der Waals surface area contributed by atoms with Gasteiger partial charge in [0.05, 0.1) is 6.54 Å². The van der Waals surface area contributed by atoms with Crippen molar-refractivity contribution in [1.82, 2.24) is 15.2 Å². The van der Waals surface area contributed by atoms with E-state index in [0.29, 0.717) is 13.1 Å². The fourth-order valence-electron chi connectivity index (χ4n) is 1.51. The van der Waals surface area contributed by atoms with Crippen molar-refractivity contribution in [3.63, 3.8) is 0 Å². The third-order valence-corrected chi connectivity index (χ3v) is 2.23. The van der Waals surface area contributed by atoms with Gasteiger partial charge in [0.15, 0.2) is 0 Å². The number of amides is 1. The van der Waals surface area contributed by atoms with Gasteiger partial charge < -0.3 is 15.1 Å². The van der Waals surface area contributed by atoms with Crippen molar-refractivity contribution in [2.45, 2.75) is 6.54 Å².